The van der Waals surface area contributed by atoms with Crippen LogP contribution in [0.15, 0.2) is 24.5 Å². The molecule has 0 unspecified atom stereocenters. The Morgan fingerprint density at radius 3 is 2.88 bits per heavy atom. The quantitative estimate of drug-likeness (QED) is 0.876. The largest absolute Gasteiger partial charge is 0.368 e. The lowest BCUT2D eigenvalue weighted by atomic mass is 10.2. The number of halogens is 1. The molecule has 2 heterocycles. The van der Waals surface area contributed by atoms with Crippen molar-refractivity contribution >= 4 is 17.4 Å². The zero-order valence-corrected chi connectivity index (χ0v) is 9.65. The van der Waals surface area contributed by atoms with Crippen LogP contribution in [0.25, 0.3) is 0 Å². The van der Waals surface area contributed by atoms with Crippen LogP contribution in [0.1, 0.15) is 5.56 Å². The Kier molecular flexibility index (Phi) is 3.36. The van der Waals surface area contributed by atoms with E-state index in [0.29, 0.717) is 5.15 Å². The van der Waals surface area contributed by atoms with E-state index in [1.165, 1.54) is 5.56 Å². The summed E-state index contributed by atoms with van der Waals surface area (Å²) in [5.41, 5.74) is 1.19. The maximum absolute atomic E-state index is 5.63. The molecule has 0 radical (unpaired) electrons. The van der Waals surface area contributed by atoms with Crippen LogP contribution in [0.4, 0.5) is 5.82 Å². The summed E-state index contributed by atoms with van der Waals surface area (Å²) >= 11 is 5.63. The van der Waals surface area contributed by atoms with Gasteiger partial charge < -0.3 is 5.32 Å². The Morgan fingerprint density at radius 1 is 1.38 bits per heavy atom. The van der Waals surface area contributed by atoms with Crippen molar-refractivity contribution in [2.75, 3.05) is 11.9 Å². The highest BCUT2D eigenvalue weighted by molar-refractivity contribution is 6.29. The van der Waals surface area contributed by atoms with Crippen molar-refractivity contribution in [3.05, 3.63) is 35.2 Å². The molecule has 6 heteroatoms. The predicted octanol–water partition coefficient (Wildman–Crippen LogP) is 1.52. The van der Waals surface area contributed by atoms with Crippen molar-refractivity contribution in [1.29, 1.82) is 0 Å². The number of aryl methyl sites for hydroxylation is 1. The minimum atomic E-state index is 0.401. The molecule has 2 rings (SSSR count). The fraction of sp³-hybridized carbons (Fsp3) is 0.300. The van der Waals surface area contributed by atoms with Gasteiger partial charge in [0.05, 0.1) is 6.20 Å². The second-order valence-electron chi connectivity index (χ2n) is 3.44. The first kappa shape index (κ1) is 10.9. The highest BCUT2D eigenvalue weighted by atomic mass is 35.5. The van der Waals surface area contributed by atoms with Crippen molar-refractivity contribution in [2.24, 2.45) is 7.05 Å². The topological polar surface area (TPSA) is 55.6 Å². The molecule has 2 aromatic heterocycles. The molecule has 0 aromatic carbocycles. The van der Waals surface area contributed by atoms with E-state index in [0.717, 1.165) is 18.8 Å². The van der Waals surface area contributed by atoms with E-state index in [2.05, 4.69) is 20.6 Å². The molecule has 0 bridgehead atoms. The van der Waals surface area contributed by atoms with Crippen molar-refractivity contribution in [3.63, 3.8) is 0 Å². The zero-order valence-electron chi connectivity index (χ0n) is 8.89. The average molecular weight is 238 g/mol. The molecule has 84 valence electrons. The van der Waals surface area contributed by atoms with Gasteiger partial charge >= 0.3 is 0 Å². The van der Waals surface area contributed by atoms with Crippen LogP contribution in [-0.4, -0.2) is 26.5 Å². The Morgan fingerprint density at radius 2 is 2.25 bits per heavy atom. The maximum atomic E-state index is 5.63. The van der Waals surface area contributed by atoms with Gasteiger partial charge in [-0.05, 0) is 24.1 Å². The zero-order chi connectivity index (χ0) is 11.4. The van der Waals surface area contributed by atoms with Crippen LogP contribution in [-0.2, 0) is 13.5 Å². The molecule has 0 amide bonds. The van der Waals surface area contributed by atoms with E-state index < -0.39 is 0 Å². The van der Waals surface area contributed by atoms with Crippen LogP contribution in [0, 0.1) is 0 Å². The normalized spacial score (nSPS) is 10.4. The van der Waals surface area contributed by atoms with Gasteiger partial charge in [-0.2, -0.15) is 5.10 Å². The van der Waals surface area contributed by atoms with Gasteiger partial charge in [0, 0.05) is 19.8 Å². The van der Waals surface area contributed by atoms with Crippen molar-refractivity contribution in [2.45, 2.75) is 6.42 Å². The summed E-state index contributed by atoms with van der Waals surface area (Å²) in [6.07, 6.45) is 4.75. The Balaban J connectivity index is 1.82. The summed E-state index contributed by atoms with van der Waals surface area (Å²) in [4.78, 5) is 0. The van der Waals surface area contributed by atoms with Crippen LogP contribution in [0.5, 0.6) is 0 Å². The number of nitrogens with one attached hydrogen (secondary N) is 1. The third-order valence-corrected chi connectivity index (χ3v) is 2.31. The molecule has 0 fully saturated rings. The molecular weight excluding hydrogens is 226 g/mol. The summed E-state index contributed by atoms with van der Waals surface area (Å²) in [7, 11) is 1.90. The smallest absolute Gasteiger partial charge is 0.151 e. The number of aromatic nitrogens is 4. The van der Waals surface area contributed by atoms with Crippen LogP contribution < -0.4 is 5.32 Å². The van der Waals surface area contributed by atoms with Crippen molar-refractivity contribution in [3.8, 4) is 0 Å². The molecule has 2 aromatic rings. The molecule has 0 aliphatic heterocycles. The van der Waals surface area contributed by atoms with Gasteiger partial charge in [-0.1, -0.05) is 11.6 Å². The first-order valence-corrected chi connectivity index (χ1v) is 5.32. The lowest BCUT2D eigenvalue weighted by molar-refractivity contribution is 0.766. The lowest BCUT2D eigenvalue weighted by Crippen LogP contribution is -2.06. The van der Waals surface area contributed by atoms with Gasteiger partial charge in [0.2, 0.25) is 0 Å². The summed E-state index contributed by atoms with van der Waals surface area (Å²) in [5, 5.41) is 15.3. The summed E-state index contributed by atoms with van der Waals surface area (Å²) in [6.45, 7) is 0.794. The standard InChI is InChI=1S/C10H12ClN5/c1-16-7-8(6-13-16)4-5-12-10-3-2-9(11)14-15-10/h2-3,6-7H,4-5H2,1H3,(H,12,15). The Hall–Kier alpha value is -1.62. The monoisotopic (exact) mass is 237 g/mol. The van der Waals surface area contributed by atoms with Gasteiger partial charge in [0.25, 0.3) is 0 Å². The molecule has 0 atom stereocenters. The van der Waals surface area contributed by atoms with Gasteiger partial charge in [-0.25, -0.2) is 0 Å². The first-order valence-electron chi connectivity index (χ1n) is 4.94. The molecule has 1 N–H and O–H groups in total. The molecule has 0 saturated heterocycles. The first-order chi connectivity index (χ1) is 7.74. The van der Waals surface area contributed by atoms with E-state index >= 15 is 0 Å². The SMILES string of the molecule is Cn1cc(CCNc2ccc(Cl)nn2)cn1. The fourth-order valence-electron chi connectivity index (χ4n) is 1.35. The fourth-order valence-corrected chi connectivity index (χ4v) is 1.45. The molecule has 5 nitrogen and oxygen atoms in total. The van der Waals surface area contributed by atoms with Gasteiger partial charge in [-0.15, -0.1) is 10.2 Å². The Bertz CT molecular complexity index is 450. The van der Waals surface area contributed by atoms with Crippen molar-refractivity contribution in [1.82, 2.24) is 20.0 Å². The summed E-state index contributed by atoms with van der Waals surface area (Å²) in [6, 6.07) is 3.51. The van der Waals surface area contributed by atoms with Gasteiger partial charge in [0.15, 0.2) is 5.15 Å². The third kappa shape index (κ3) is 2.93. The number of rotatable bonds is 4. The molecule has 0 saturated carbocycles. The second-order valence-corrected chi connectivity index (χ2v) is 3.83. The van der Waals surface area contributed by atoms with E-state index in [9.17, 15) is 0 Å². The number of nitrogens with zero attached hydrogens (tertiary/aromatic N) is 4. The second kappa shape index (κ2) is 4.94. The molecular formula is C10H12ClN5. The van der Waals surface area contributed by atoms with E-state index in [-0.39, 0.29) is 0 Å². The Labute approximate surface area is 98.5 Å². The number of hydrogen-bond donors (Lipinski definition) is 1. The lowest BCUT2D eigenvalue weighted by Gasteiger charge is -2.02. The average Bonchev–Trinajstić information content (AvgIpc) is 2.67. The van der Waals surface area contributed by atoms with Gasteiger partial charge in [-0.3, -0.25) is 4.68 Å². The van der Waals surface area contributed by atoms with E-state index in [1.807, 2.05) is 19.4 Å². The number of anilines is 1. The van der Waals surface area contributed by atoms with E-state index in [4.69, 9.17) is 11.6 Å². The van der Waals surface area contributed by atoms with Crippen LogP contribution in [0.2, 0.25) is 5.15 Å². The summed E-state index contributed by atoms with van der Waals surface area (Å²) < 4.78 is 1.79. The minimum absolute atomic E-state index is 0.401. The predicted molar refractivity (Wildman–Crippen MR) is 62.4 cm³/mol. The maximum Gasteiger partial charge on any atom is 0.151 e. The van der Waals surface area contributed by atoms with Crippen LogP contribution in [0.3, 0.4) is 0 Å². The van der Waals surface area contributed by atoms with E-state index in [1.54, 1.807) is 16.8 Å². The molecule has 0 spiro atoms. The number of hydrogen-bond acceptors (Lipinski definition) is 4. The summed E-state index contributed by atoms with van der Waals surface area (Å²) in [5.74, 6) is 0.730. The molecule has 0 aliphatic carbocycles. The van der Waals surface area contributed by atoms with Crippen molar-refractivity contribution < 1.29 is 0 Å². The molecule has 0 aliphatic rings. The molecule has 16 heavy (non-hydrogen) atoms. The third-order valence-electron chi connectivity index (χ3n) is 2.11. The van der Waals surface area contributed by atoms with Gasteiger partial charge in [0.1, 0.15) is 5.82 Å². The highest BCUT2D eigenvalue weighted by Gasteiger charge is 1.97. The highest BCUT2D eigenvalue weighted by Crippen LogP contribution is 2.06. The van der Waals surface area contributed by atoms with Crippen LogP contribution >= 0.6 is 11.6 Å². The minimum Gasteiger partial charge on any atom is -0.368 e.